The summed E-state index contributed by atoms with van der Waals surface area (Å²) < 4.78 is 9.55. The maximum Gasteiger partial charge on any atom is 0.412 e. The molecule has 0 radical (unpaired) electrons. The van der Waals surface area contributed by atoms with Crippen LogP contribution in [0.15, 0.2) is 0 Å². The zero-order valence-electron chi connectivity index (χ0n) is 11.2. The van der Waals surface area contributed by atoms with Crippen LogP contribution in [0, 0.1) is 0 Å². The monoisotopic (exact) mass is 299 g/mol. The quantitative estimate of drug-likeness (QED) is 0.830. The third-order valence-corrected chi connectivity index (χ3v) is 4.31. The molecule has 1 amide bonds. The maximum absolute atomic E-state index is 11.9. The molecular formula is C13H17NO5S. The predicted octanol–water partition coefficient (Wildman–Crippen LogP) is 1.95. The zero-order valence-corrected chi connectivity index (χ0v) is 12.0. The largest absolute Gasteiger partial charge is 0.465 e. The third-order valence-electron chi connectivity index (χ3n) is 3.10. The van der Waals surface area contributed by atoms with Crippen LogP contribution in [0.25, 0.3) is 0 Å². The Morgan fingerprint density at radius 2 is 2.10 bits per heavy atom. The van der Waals surface area contributed by atoms with Gasteiger partial charge in [0.15, 0.2) is 0 Å². The second kappa shape index (κ2) is 6.71. The molecule has 2 rings (SSSR count). The van der Waals surface area contributed by atoms with Crippen molar-refractivity contribution in [2.75, 3.05) is 25.6 Å². The standard InChI is InChI=1S/C13H17NO5S/c1-18-12(16)10-8-4-2-3-5-9(8)20-11(10)14-13(17)19-7-6-15/h15H,2-7H2,1H3,(H,14,17). The fourth-order valence-corrected chi connectivity index (χ4v) is 3.50. The number of aliphatic hydroxyl groups is 1. The Balaban J connectivity index is 2.25. The van der Waals surface area contributed by atoms with Crippen molar-refractivity contribution in [3.8, 4) is 0 Å². The zero-order chi connectivity index (χ0) is 14.5. The number of fused-ring (bicyclic) bond motifs is 1. The van der Waals surface area contributed by atoms with Crippen molar-refractivity contribution in [3.05, 3.63) is 16.0 Å². The summed E-state index contributed by atoms with van der Waals surface area (Å²) in [6.07, 6.45) is 3.17. The van der Waals surface area contributed by atoms with Crippen molar-refractivity contribution in [2.24, 2.45) is 0 Å². The summed E-state index contributed by atoms with van der Waals surface area (Å²) in [5, 5.41) is 11.6. The summed E-state index contributed by atoms with van der Waals surface area (Å²) in [4.78, 5) is 24.6. The van der Waals surface area contributed by atoms with Crippen molar-refractivity contribution < 1.29 is 24.2 Å². The van der Waals surface area contributed by atoms with E-state index in [0.717, 1.165) is 36.1 Å². The van der Waals surface area contributed by atoms with Gasteiger partial charge in [-0.15, -0.1) is 11.3 Å². The van der Waals surface area contributed by atoms with E-state index in [1.807, 2.05) is 0 Å². The first kappa shape index (κ1) is 14.8. The number of aliphatic hydroxyl groups excluding tert-OH is 1. The molecule has 20 heavy (non-hydrogen) atoms. The maximum atomic E-state index is 11.9. The Bertz CT molecular complexity index is 511. The highest BCUT2D eigenvalue weighted by Crippen LogP contribution is 2.38. The smallest absolute Gasteiger partial charge is 0.412 e. The van der Waals surface area contributed by atoms with Gasteiger partial charge in [0.05, 0.1) is 19.3 Å². The van der Waals surface area contributed by atoms with E-state index in [-0.39, 0.29) is 13.2 Å². The Labute approximate surface area is 120 Å². The molecule has 1 aliphatic carbocycles. The molecule has 2 N–H and O–H groups in total. The van der Waals surface area contributed by atoms with E-state index >= 15 is 0 Å². The summed E-state index contributed by atoms with van der Waals surface area (Å²) in [6, 6.07) is 0. The summed E-state index contributed by atoms with van der Waals surface area (Å²) in [5.41, 5.74) is 1.42. The molecule has 0 saturated carbocycles. The summed E-state index contributed by atoms with van der Waals surface area (Å²) in [7, 11) is 1.32. The van der Waals surface area contributed by atoms with Gasteiger partial charge in [0.25, 0.3) is 0 Å². The lowest BCUT2D eigenvalue weighted by atomic mass is 9.95. The normalized spacial score (nSPS) is 13.5. The van der Waals surface area contributed by atoms with Crippen LogP contribution >= 0.6 is 11.3 Å². The molecule has 0 aromatic carbocycles. The highest BCUT2D eigenvalue weighted by atomic mass is 32.1. The number of carbonyl (C=O) groups is 2. The SMILES string of the molecule is COC(=O)c1c(NC(=O)OCCO)sc2c1CCCC2. The van der Waals surface area contributed by atoms with Crippen LogP contribution in [0.3, 0.4) is 0 Å². The molecule has 110 valence electrons. The number of hydrogen-bond donors (Lipinski definition) is 2. The average Bonchev–Trinajstić information content (AvgIpc) is 2.82. The second-order valence-electron chi connectivity index (χ2n) is 4.39. The molecule has 6 nitrogen and oxygen atoms in total. The summed E-state index contributed by atoms with van der Waals surface area (Å²) in [6.45, 7) is -0.317. The molecule has 1 aromatic heterocycles. The topological polar surface area (TPSA) is 84.9 Å². The molecule has 1 aromatic rings. The number of anilines is 1. The Morgan fingerprint density at radius 1 is 1.35 bits per heavy atom. The average molecular weight is 299 g/mol. The molecule has 0 saturated heterocycles. The van der Waals surface area contributed by atoms with Gasteiger partial charge in [-0.3, -0.25) is 5.32 Å². The number of rotatable bonds is 4. The van der Waals surface area contributed by atoms with Crippen LogP contribution in [0.4, 0.5) is 9.80 Å². The first-order chi connectivity index (χ1) is 9.67. The number of aryl methyl sites for hydroxylation is 1. The van der Waals surface area contributed by atoms with E-state index in [0.29, 0.717) is 10.6 Å². The number of esters is 1. The van der Waals surface area contributed by atoms with E-state index in [9.17, 15) is 9.59 Å². The molecule has 0 bridgehead atoms. The van der Waals surface area contributed by atoms with Gasteiger partial charge in [-0.1, -0.05) is 0 Å². The number of nitrogens with one attached hydrogen (secondary N) is 1. The van der Waals surface area contributed by atoms with Crippen molar-refractivity contribution in [3.63, 3.8) is 0 Å². The molecule has 0 unspecified atom stereocenters. The van der Waals surface area contributed by atoms with E-state index in [1.54, 1.807) is 0 Å². The van der Waals surface area contributed by atoms with E-state index in [4.69, 9.17) is 14.6 Å². The van der Waals surface area contributed by atoms with E-state index < -0.39 is 12.1 Å². The predicted molar refractivity (Wildman–Crippen MR) is 74.4 cm³/mol. The first-order valence-electron chi connectivity index (χ1n) is 6.45. The molecule has 0 spiro atoms. The number of methoxy groups -OCH3 is 1. The minimum atomic E-state index is -0.678. The number of ether oxygens (including phenoxy) is 2. The van der Waals surface area contributed by atoms with Crippen LogP contribution in [0.5, 0.6) is 0 Å². The third kappa shape index (κ3) is 3.10. The van der Waals surface area contributed by atoms with Crippen LogP contribution in [0.2, 0.25) is 0 Å². The van der Waals surface area contributed by atoms with E-state index in [2.05, 4.69) is 5.32 Å². The van der Waals surface area contributed by atoms with Gasteiger partial charge < -0.3 is 14.6 Å². The van der Waals surface area contributed by atoms with Crippen LogP contribution in [0.1, 0.15) is 33.6 Å². The molecular weight excluding hydrogens is 282 g/mol. The Kier molecular flexibility index (Phi) is 4.97. The van der Waals surface area contributed by atoms with Crippen molar-refractivity contribution >= 4 is 28.4 Å². The number of hydrogen-bond acceptors (Lipinski definition) is 6. The van der Waals surface area contributed by atoms with Gasteiger partial charge in [0.1, 0.15) is 11.6 Å². The molecule has 1 heterocycles. The molecule has 0 atom stereocenters. The molecule has 7 heteroatoms. The van der Waals surface area contributed by atoms with Gasteiger partial charge in [-0.25, -0.2) is 9.59 Å². The van der Waals surface area contributed by atoms with Crippen LogP contribution < -0.4 is 5.32 Å². The van der Waals surface area contributed by atoms with Crippen molar-refractivity contribution in [1.29, 1.82) is 0 Å². The van der Waals surface area contributed by atoms with Gasteiger partial charge in [-0.05, 0) is 31.2 Å². The van der Waals surface area contributed by atoms with E-state index in [1.165, 1.54) is 18.4 Å². The molecule has 1 aliphatic rings. The fraction of sp³-hybridized carbons (Fsp3) is 0.538. The number of thiophene rings is 1. The number of amides is 1. The second-order valence-corrected chi connectivity index (χ2v) is 5.50. The lowest BCUT2D eigenvalue weighted by Crippen LogP contribution is -2.17. The van der Waals surface area contributed by atoms with Crippen molar-refractivity contribution in [2.45, 2.75) is 25.7 Å². The van der Waals surface area contributed by atoms with Crippen LogP contribution in [-0.2, 0) is 22.3 Å². The minimum Gasteiger partial charge on any atom is -0.465 e. The summed E-state index contributed by atoms with van der Waals surface area (Å²) >= 11 is 1.39. The van der Waals surface area contributed by atoms with Crippen molar-refractivity contribution in [1.82, 2.24) is 0 Å². The minimum absolute atomic E-state index is 0.0789. The van der Waals surface area contributed by atoms with Crippen LogP contribution in [-0.4, -0.2) is 37.5 Å². The van der Waals surface area contributed by atoms with Gasteiger partial charge in [0, 0.05) is 4.88 Å². The van der Waals surface area contributed by atoms with Gasteiger partial charge in [0.2, 0.25) is 0 Å². The van der Waals surface area contributed by atoms with Gasteiger partial charge in [-0.2, -0.15) is 0 Å². The number of carbonyl (C=O) groups excluding carboxylic acids is 2. The summed E-state index contributed by atoms with van der Waals surface area (Å²) in [5.74, 6) is -0.443. The Morgan fingerprint density at radius 3 is 2.80 bits per heavy atom. The van der Waals surface area contributed by atoms with Gasteiger partial charge >= 0.3 is 12.1 Å². The fourth-order valence-electron chi connectivity index (χ4n) is 2.24. The first-order valence-corrected chi connectivity index (χ1v) is 7.26. The highest BCUT2D eigenvalue weighted by molar-refractivity contribution is 7.17. The lowest BCUT2D eigenvalue weighted by Gasteiger charge is -2.11. The molecule has 0 fully saturated rings. The highest BCUT2D eigenvalue weighted by Gasteiger charge is 2.27. The Hall–Kier alpha value is -1.60. The molecule has 0 aliphatic heterocycles. The lowest BCUT2D eigenvalue weighted by molar-refractivity contribution is 0.0601.